The Morgan fingerprint density at radius 1 is 0.952 bits per heavy atom. The van der Waals surface area contributed by atoms with Gasteiger partial charge in [0.1, 0.15) is 10.6 Å². The highest BCUT2D eigenvalue weighted by Gasteiger charge is 2.15. The maximum absolute atomic E-state index is 11.3. The molecular formula is C13H14N4O3S. The zero-order valence-electron chi connectivity index (χ0n) is 11.2. The summed E-state index contributed by atoms with van der Waals surface area (Å²) < 4.78 is 31.8. The molecule has 5 N–H and O–H groups in total. The number of rotatable bonds is 3. The Morgan fingerprint density at radius 3 is 2.05 bits per heavy atom. The van der Waals surface area contributed by atoms with Crippen LogP contribution in [-0.2, 0) is 10.1 Å². The molecule has 0 unspecified atom stereocenters. The lowest BCUT2D eigenvalue weighted by Gasteiger charge is -2.04. The summed E-state index contributed by atoms with van der Waals surface area (Å²) in [7, 11) is -4.43. The number of hydrogen-bond donors (Lipinski definition) is 3. The Bertz CT molecular complexity index is 816. The molecule has 2 aromatic carbocycles. The summed E-state index contributed by atoms with van der Waals surface area (Å²) in [5, 5.41) is 7.84. The van der Waals surface area contributed by atoms with E-state index in [9.17, 15) is 13.0 Å². The van der Waals surface area contributed by atoms with Crippen molar-refractivity contribution in [3.05, 3.63) is 42.0 Å². The Kier molecular flexibility index (Phi) is 3.92. The topological polar surface area (TPSA) is 131 Å². The molecule has 0 radical (unpaired) electrons. The van der Waals surface area contributed by atoms with Gasteiger partial charge in [0.25, 0.3) is 10.1 Å². The van der Waals surface area contributed by atoms with Crippen LogP contribution in [0.3, 0.4) is 0 Å². The van der Waals surface area contributed by atoms with Gasteiger partial charge in [-0.2, -0.15) is 13.5 Å². The third-order valence-electron chi connectivity index (χ3n) is 2.75. The van der Waals surface area contributed by atoms with Crippen molar-refractivity contribution in [1.82, 2.24) is 0 Å². The summed E-state index contributed by atoms with van der Waals surface area (Å²) in [5.74, 6) is 0. The SMILES string of the molecule is Cc1cc(N)ccc1N=Nc1ccc(N)cc1S(=O)(=O)O. The lowest BCUT2D eigenvalue weighted by molar-refractivity contribution is 0.483. The molecule has 0 aliphatic rings. The van der Waals surface area contributed by atoms with Gasteiger partial charge in [0.15, 0.2) is 0 Å². The zero-order chi connectivity index (χ0) is 15.6. The summed E-state index contributed by atoms with van der Waals surface area (Å²) in [4.78, 5) is -0.389. The summed E-state index contributed by atoms with van der Waals surface area (Å²) in [6.07, 6.45) is 0. The van der Waals surface area contributed by atoms with E-state index in [1.165, 1.54) is 12.1 Å². The monoisotopic (exact) mass is 306 g/mol. The minimum atomic E-state index is -4.43. The second-order valence-electron chi connectivity index (χ2n) is 4.45. The molecule has 0 spiro atoms. The van der Waals surface area contributed by atoms with Crippen molar-refractivity contribution >= 4 is 32.9 Å². The molecule has 0 saturated heterocycles. The van der Waals surface area contributed by atoms with Gasteiger partial charge in [-0.3, -0.25) is 4.55 Å². The predicted octanol–water partition coefficient (Wildman–Crippen LogP) is 2.82. The molecule has 0 atom stereocenters. The molecule has 110 valence electrons. The predicted molar refractivity (Wildman–Crippen MR) is 80.4 cm³/mol. The number of anilines is 2. The largest absolute Gasteiger partial charge is 0.399 e. The quantitative estimate of drug-likeness (QED) is 0.456. The molecular weight excluding hydrogens is 292 g/mol. The van der Waals surface area contributed by atoms with E-state index in [-0.39, 0.29) is 16.3 Å². The Labute approximate surface area is 122 Å². The summed E-state index contributed by atoms with van der Waals surface area (Å²) >= 11 is 0. The normalized spacial score (nSPS) is 11.9. The van der Waals surface area contributed by atoms with Gasteiger partial charge >= 0.3 is 0 Å². The highest BCUT2D eigenvalue weighted by atomic mass is 32.2. The summed E-state index contributed by atoms with van der Waals surface area (Å²) in [6, 6.07) is 9.01. The Hall–Kier alpha value is -2.45. The van der Waals surface area contributed by atoms with E-state index in [0.717, 1.165) is 11.6 Å². The van der Waals surface area contributed by atoms with Gasteiger partial charge in [0, 0.05) is 11.4 Å². The third kappa shape index (κ3) is 3.56. The third-order valence-corrected chi connectivity index (χ3v) is 3.63. The molecule has 0 aliphatic heterocycles. The van der Waals surface area contributed by atoms with Crippen LogP contribution in [0.2, 0.25) is 0 Å². The molecule has 0 heterocycles. The van der Waals surface area contributed by atoms with Crippen LogP contribution in [0.5, 0.6) is 0 Å². The van der Waals surface area contributed by atoms with Crippen LogP contribution >= 0.6 is 0 Å². The zero-order valence-corrected chi connectivity index (χ0v) is 12.0. The fourth-order valence-electron chi connectivity index (χ4n) is 1.72. The Morgan fingerprint density at radius 2 is 1.48 bits per heavy atom. The molecule has 0 saturated carbocycles. The fourth-order valence-corrected chi connectivity index (χ4v) is 2.38. The van der Waals surface area contributed by atoms with Crippen molar-refractivity contribution in [2.45, 2.75) is 11.8 Å². The van der Waals surface area contributed by atoms with Crippen LogP contribution < -0.4 is 11.5 Å². The van der Waals surface area contributed by atoms with Crippen molar-refractivity contribution in [2.75, 3.05) is 11.5 Å². The van der Waals surface area contributed by atoms with E-state index >= 15 is 0 Å². The van der Waals surface area contributed by atoms with Crippen molar-refractivity contribution in [2.24, 2.45) is 10.2 Å². The van der Waals surface area contributed by atoms with Crippen LogP contribution in [0.25, 0.3) is 0 Å². The summed E-state index contributed by atoms with van der Waals surface area (Å²) in [5.41, 5.74) is 13.3. The van der Waals surface area contributed by atoms with E-state index in [4.69, 9.17) is 11.5 Å². The minimum absolute atomic E-state index is 0.00271. The lowest BCUT2D eigenvalue weighted by atomic mass is 10.2. The molecule has 0 fully saturated rings. The van der Waals surface area contributed by atoms with Gasteiger partial charge in [-0.15, -0.1) is 5.11 Å². The first kappa shape index (κ1) is 14.9. The van der Waals surface area contributed by atoms with Gasteiger partial charge in [-0.1, -0.05) is 0 Å². The molecule has 7 nitrogen and oxygen atoms in total. The minimum Gasteiger partial charge on any atom is -0.399 e. The molecule has 0 aromatic heterocycles. The first-order valence-electron chi connectivity index (χ1n) is 5.92. The van der Waals surface area contributed by atoms with Gasteiger partial charge in [0.05, 0.1) is 5.69 Å². The molecule has 0 amide bonds. The van der Waals surface area contributed by atoms with Gasteiger partial charge in [-0.25, -0.2) is 0 Å². The highest BCUT2D eigenvalue weighted by molar-refractivity contribution is 7.86. The molecule has 8 heteroatoms. The average molecular weight is 306 g/mol. The van der Waals surface area contributed by atoms with Crippen molar-refractivity contribution < 1.29 is 13.0 Å². The van der Waals surface area contributed by atoms with Crippen molar-refractivity contribution in [1.29, 1.82) is 0 Å². The highest BCUT2D eigenvalue weighted by Crippen LogP contribution is 2.29. The maximum Gasteiger partial charge on any atom is 0.296 e. The lowest BCUT2D eigenvalue weighted by Crippen LogP contribution is -1.99. The maximum atomic E-state index is 11.3. The molecule has 0 bridgehead atoms. The van der Waals surface area contributed by atoms with E-state index in [1.807, 2.05) is 0 Å². The first-order valence-corrected chi connectivity index (χ1v) is 7.36. The summed E-state index contributed by atoms with van der Waals surface area (Å²) in [6.45, 7) is 1.80. The number of benzene rings is 2. The first-order chi connectivity index (χ1) is 9.77. The smallest absolute Gasteiger partial charge is 0.296 e. The van der Waals surface area contributed by atoms with Gasteiger partial charge in [-0.05, 0) is 48.9 Å². The van der Waals surface area contributed by atoms with E-state index in [0.29, 0.717) is 11.4 Å². The van der Waals surface area contributed by atoms with E-state index < -0.39 is 10.1 Å². The van der Waals surface area contributed by atoms with E-state index in [2.05, 4.69) is 10.2 Å². The fraction of sp³-hybridized carbons (Fsp3) is 0.0769. The molecule has 21 heavy (non-hydrogen) atoms. The van der Waals surface area contributed by atoms with Crippen LogP contribution in [0.4, 0.5) is 22.7 Å². The van der Waals surface area contributed by atoms with Crippen LogP contribution in [-0.4, -0.2) is 13.0 Å². The Balaban J connectivity index is 2.46. The van der Waals surface area contributed by atoms with E-state index in [1.54, 1.807) is 25.1 Å². The second kappa shape index (κ2) is 5.51. The van der Waals surface area contributed by atoms with Crippen LogP contribution in [0, 0.1) is 6.92 Å². The molecule has 2 aromatic rings. The van der Waals surface area contributed by atoms with Crippen molar-refractivity contribution in [3.63, 3.8) is 0 Å². The average Bonchev–Trinajstić information content (AvgIpc) is 2.38. The van der Waals surface area contributed by atoms with Crippen LogP contribution in [0.1, 0.15) is 5.56 Å². The standard InChI is InChI=1S/C13H14N4O3S/c1-8-6-9(14)2-4-11(8)16-17-12-5-3-10(15)7-13(12)21(18,19)20/h2-7H,14-15H2,1H3,(H,18,19,20). The number of nitrogen functional groups attached to an aromatic ring is 2. The molecule has 2 rings (SSSR count). The molecule has 0 aliphatic carbocycles. The number of nitrogens with zero attached hydrogens (tertiary/aromatic N) is 2. The number of hydrogen-bond acceptors (Lipinski definition) is 6. The number of nitrogens with two attached hydrogens (primary N) is 2. The van der Waals surface area contributed by atoms with Crippen LogP contribution in [0.15, 0.2) is 51.5 Å². The van der Waals surface area contributed by atoms with Crippen molar-refractivity contribution in [3.8, 4) is 0 Å². The van der Waals surface area contributed by atoms with Gasteiger partial charge in [0.2, 0.25) is 0 Å². The number of azo groups is 1. The van der Waals surface area contributed by atoms with Gasteiger partial charge < -0.3 is 11.5 Å². The second-order valence-corrected chi connectivity index (χ2v) is 5.84. The number of aryl methyl sites for hydroxylation is 1.